The molecule has 1 saturated heterocycles. The summed E-state index contributed by atoms with van der Waals surface area (Å²) in [4.78, 5) is 2.76. The van der Waals surface area contributed by atoms with Gasteiger partial charge in [0.05, 0.1) is 0 Å². The molecule has 1 atom stereocenters. The summed E-state index contributed by atoms with van der Waals surface area (Å²) in [6.07, 6.45) is 8.61. The van der Waals surface area contributed by atoms with Gasteiger partial charge >= 0.3 is 0 Å². The topological polar surface area (TPSA) is 15.3 Å². The molecule has 2 nitrogen and oxygen atoms in total. The van der Waals surface area contributed by atoms with Crippen LogP contribution in [-0.4, -0.2) is 38.1 Å². The number of nitrogens with one attached hydrogen (secondary N) is 1. The van der Waals surface area contributed by atoms with Crippen LogP contribution in [-0.2, 0) is 0 Å². The first-order valence-corrected chi connectivity index (χ1v) is 8.32. The number of rotatable bonds is 4. The lowest BCUT2D eigenvalue weighted by Crippen LogP contribution is -2.44. The molecule has 0 spiro atoms. The molecular formula is C17H34N2. The Bertz CT molecular complexity index is 268. The third-order valence-corrected chi connectivity index (χ3v) is 5.52. The lowest BCUT2D eigenvalue weighted by atomic mass is 9.73. The Morgan fingerprint density at radius 1 is 1.16 bits per heavy atom. The molecule has 2 heteroatoms. The van der Waals surface area contributed by atoms with Gasteiger partial charge in [0.25, 0.3) is 0 Å². The average molecular weight is 266 g/mol. The zero-order valence-electron chi connectivity index (χ0n) is 13.6. The number of hydrogen-bond acceptors (Lipinski definition) is 2. The summed E-state index contributed by atoms with van der Waals surface area (Å²) in [5.41, 5.74) is 1.05. The maximum absolute atomic E-state index is 3.47. The molecule has 1 aliphatic carbocycles. The van der Waals surface area contributed by atoms with Crippen LogP contribution in [0.3, 0.4) is 0 Å². The molecule has 1 N–H and O–H groups in total. The van der Waals surface area contributed by atoms with Gasteiger partial charge in [0.2, 0.25) is 0 Å². The molecule has 2 fully saturated rings. The quantitative estimate of drug-likeness (QED) is 0.837. The molecule has 2 rings (SSSR count). The predicted molar refractivity (Wildman–Crippen MR) is 83.4 cm³/mol. The van der Waals surface area contributed by atoms with Gasteiger partial charge in [-0.15, -0.1) is 0 Å². The largest absolute Gasteiger partial charge is 0.319 e. The third-order valence-electron chi connectivity index (χ3n) is 5.52. The Morgan fingerprint density at radius 2 is 1.84 bits per heavy atom. The second kappa shape index (κ2) is 6.13. The lowest BCUT2D eigenvalue weighted by Gasteiger charge is -2.40. The van der Waals surface area contributed by atoms with Crippen LogP contribution in [0.1, 0.15) is 59.3 Å². The van der Waals surface area contributed by atoms with Gasteiger partial charge in [0, 0.05) is 19.6 Å². The van der Waals surface area contributed by atoms with Crippen molar-refractivity contribution in [2.24, 2.45) is 16.7 Å². The van der Waals surface area contributed by atoms with Gasteiger partial charge in [-0.2, -0.15) is 0 Å². The minimum atomic E-state index is 0.484. The lowest BCUT2D eigenvalue weighted by molar-refractivity contribution is 0.111. The van der Waals surface area contributed by atoms with Crippen LogP contribution in [0.25, 0.3) is 0 Å². The van der Waals surface area contributed by atoms with Crippen molar-refractivity contribution in [1.29, 1.82) is 0 Å². The number of nitrogens with zero attached hydrogens (tertiary/aromatic N) is 1. The summed E-state index contributed by atoms with van der Waals surface area (Å²) in [5.74, 6) is 0.891. The molecule has 1 saturated carbocycles. The van der Waals surface area contributed by atoms with Gasteiger partial charge in [0.1, 0.15) is 0 Å². The summed E-state index contributed by atoms with van der Waals surface area (Å²) < 4.78 is 0. The maximum atomic E-state index is 3.47. The standard InChI is InChI=1S/C17H34N2/c1-16(2,3)15-8-11-19(12-15)14-17(13-18-4)9-6-5-7-10-17/h15,18H,5-14H2,1-4H3. The third kappa shape index (κ3) is 3.95. The van der Waals surface area contributed by atoms with Crippen LogP contribution >= 0.6 is 0 Å². The zero-order chi connectivity index (χ0) is 13.9. The van der Waals surface area contributed by atoms with Gasteiger partial charge in [-0.05, 0) is 49.6 Å². The minimum absolute atomic E-state index is 0.484. The van der Waals surface area contributed by atoms with Crippen molar-refractivity contribution in [3.8, 4) is 0 Å². The van der Waals surface area contributed by atoms with Gasteiger partial charge in [-0.3, -0.25) is 0 Å². The SMILES string of the molecule is CNCC1(CN2CCC(C(C)(C)C)C2)CCCCC1. The van der Waals surface area contributed by atoms with Crippen molar-refractivity contribution < 1.29 is 0 Å². The van der Waals surface area contributed by atoms with E-state index in [1.807, 2.05) is 0 Å². The molecule has 2 aliphatic rings. The first-order valence-electron chi connectivity index (χ1n) is 8.32. The zero-order valence-corrected chi connectivity index (χ0v) is 13.6. The van der Waals surface area contributed by atoms with Crippen molar-refractivity contribution in [2.75, 3.05) is 33.2 Å². The Kier molecular flexibility index (Phi) is 4.94. The van der Waals surface area contributed by atoms with Gasteiger partial charge in [-0.25, -0.2) is 0 Å². The van der Waals surface area contributed by atoms with E-state index in [-0.39, 0.29) is 0 Å². The van der Waals surface area contributed by atoms with E-state index in [4.69, 9.17) is 0 Å². The molecule has 1 heterocycles. The summed E-state index contributed by atoms with van der Waals surface area (Å²) >= 11 is 0. The van der Waals surface area contributed by atoms with Crippen LogP contribution in [0.2, 0.25) is 0 Å². The van der Waals surface area contributed by atoms with Crippen LogP contribution in [0.15, 0.2) is 0 Å². The minimum Gasteiger partial charge on any atom is -0.319 e. The monoisotopic (exact) mass is 266 g/mol. The molecule has 0 aromatic heterocycles. The highest BCUT2D eigenvalue weighted by molar-refractivity contribution is 4.91. The molecule has 0 aromatic rings. The van der Waals surface area contributed by atoms with Crippen LogP contribution in [0.4, 0.5) is 0 Å². The van der Waals surface area contributed by atoms with Gasteiger partial charge in [0.15, 0.2) is 0 Å². The molecule has 112 valence electrons. The van der Waals surface area contributed by atoms with Crippen molar-refractivity contribution >= 4 is 0 Å². The molecule has 19 heavy (non-hydrogen) atoms. The van der Waals surface area contributed by atoms with Crippen molar-refractivity contribution in [1.82, 2.24) is 10.2 Å². The molecule has 0 aromatic carbocycles. The molecule has 1 unspecified atom stereocenters. The maximum Gasteiger partial charge on any atom is 0.00503 e. The molecule has 0 radical (unpaired) electrons. The highest BCUT2D eigenvalue weighted by Crippen LogP contribution is 2.39. The van der Waals surface area contributed by atoms with E-state index < -0.39 is 0 Å². The summed E-state index contributed by atoms with van der Waals surface area (Å²) in [6, 6.07) is 0. The molecular weight excluding hydrogens is 232 g/mol. The fraction of sp³-hybridized carbons (Fsp3) is 1.00. The molecule has 0 bridgehead atoms. The average Bonchev–Trinajstić information content (AvgIpc) is 2.78. The van der Waals surface area contributed by atoms with E-state index in [9.17, 15) is 0 Å². The predicted octanol–water partition coefficient (Wildman–Crippen LogP) is 3.52. The van der Waals surface area contributed by atoms with Crippen LogP contribution < -0.4 is 5.32 Å². The van der Waals surface area contributed by atoms with E-state index >= 15 is 0 Å². The Balaban J connectivity index is 1.92. The Hall–Kier alpha value is -0.0800. The molecule has 1 aliphatic heterocycles. The summed E-state index contributed by atoms with van der Waals surface area (Å²) in [6.45, 7) is 12.4. The summed E-state index contributed by atoms with van der Waals surface area (Å²) in [5, 5.41) is 3.47. The van der Waals surface area contributed by atoms with E-state index in [2.05, 4.69) is 38.0 Å². The van der Waals surface area contributed by atoms with Crippen LogP contribution in [0.5, 0.6) is 0 Å². The second-order valence-electron chi connectivity index (χ2n) is 8.18. The Morgan fingerprint density at radius 3 is 2.37 bits per heavy atom. The summed E-state index contributed by atoms with van der Waals surface area (Å²) in [7, 11) is 2.12. The van der Waals surface area contributed by atoms with Gasteiger partial charge in [-0.1, -0.05) is 40.0 Å². The highest BCUT2D eigenvalue weighted by Gasteiger charge is 2.37. The van der Waals surface area contributed by atoms with E-state index in [0.29, 0.717) is 10.8 Å². The van der Waals surface area contributed by atoms with Gasteiger partial charge < -0.3 is 10.2 Å². The van der Waals surface area contributed by atoms with Crippen LogP contribution in [0, 0.1) is 16.7 Å². The fourth-order valence-electron chi connectivity index (χ4n) is 4.23. The smallest absolute Gasteiger partial charge is 0.00503 e. The number of hydrogen-bond donors (Lipinski definition) is 1. The van der Waals surface area contributed by atoms with Crippen molar-refractivity contribution in [3.05, 3.63) is 0 Å². The second-order valence-corrected chi connectivity index (χ2v) is 8.18. The fourth-order valence-corrected chi connectivity index (χ4v) is 4.23. The van der Waals surface area contributed by atoms with Crippen molar-refractivity contribution in [2.45, 2.75) is 59.3 Å². The molecule has 0 amide bonds. The number of likely N-dealkylation sites (tertiary alicyclic amines) is 1. The van der Waals surface area contributed by atoms with E-state index in [1.165, 1.54) is 64.7 Å². The first-order chi connectivity index (χ1) is 8.95. The van der Waals surface area contributed by atoms with Crippen molar-refractivity contribution in [3.63, 3.8) is 0 Å². The van der Waals surface area contributed by atoms with E-state index in [1.54, 1.807) is 0 Å². The highest BCUT2D eigenvalue weighted by atomic mass is 15.2. The first kappa shape index (κ1) is 15.3. The Labute approximate surface area is 120 Å². The normalized spacial score (nSPS) is 28.7. The van der Waals surface area contributed by atoms with E-state index in [0.717, 1.165) is 5.92 Å².